The van der Waals surface area contributed by atoms with E-state index in [4.69, 9.17) is 0 Å². The number of anilines is 2. The van der Waals surface area contributed by atoms with E-state index in [-0.39, 0.29) is 17.9 Å². The Hall–Kier alpha value is -3.60. The van der Waals surface area contributed by atoms with Crippen molar-refractivity contribution in [3.05, 3.63) is 83.9 Å². The maximum atomic E-state index is 13.1. The molecule has 0 radical (unpaired) electrons. The number of nitrogens with one attached hydrogen (secondary N) is 2. The normalized spacial score (nSPS) is 14.4. The number of carbonyl (C=O) groups is 2. The van der Waals surface area contributed by atoms with E-state index >= 15 is 0 Å². The van der Waals surface area contributed by atoms with Crippen LogP contribution in [0.5, 0.6) is 0 Å². The number of hydrogen-bond donors (Lipinski definition) is 2. The zero-order valence-corrected chi connectivity index (χ0v) is 20.0. The van der Waals surface area contributed by atoms with Gasteiger partial charge < -0.3 is 15.5 Å². The highest BCUT2D eigenvalue weighted by Gasteiger charge is 2.20. The molecule has 0 aromatic heterocycles. The summed E-state index contributed by atoms with van der Waals surface area (Å²) in [6, 6.07) is 23.4. The van der Waals surface area contributed by atoms with E-state index in [1.807, 2.05) is 73.7 Å². The Bertz CT molecular complexity index is 1120. The molecule has 0 saturated carbocycles. The molecule has 1 fully saturated rings. The van der Waals surface area contributed by atoms with Crippen molar-refractivity contribution in [1.29, 1.82) is 0 Å². The molecular formula is C29H33N3O2. The van der Waals surface area contributed by atoms with E-state index in [2.05, 4.69) is 22.5 Å². The van der Waals surface area contributed by atoms with E-state index in [9.17, 15) is 9.59 Å². The summed E-state index contributed by atoms with van der Waals surface area (Å²) in [4.78, 5) is 28.3. The Labute approximate surface area is 202 Å². The van der Waals surface area contributed by atoms with Crippen LogP contribution in [0.1, 0.15) is 60.2 Å². The average Bonchev–Trinajstić information content (AvgIpc) is 2.89. The van der Waals surface area contributed by atoms with Gasteiger partial charge in [0.15, 0.2) is 0 Å². The lowest BCUT2D eigenvalue weighted by molar-refractivity contribution is 0.0938. The fourth-order valence-electron chi connectivity index (χ4n) is 4.26. The van der Waals surface area contributed by atoms with E-state index in [0.29, 0.717) is 16.8 Å². The van der Waals surface area contributed by atoms with Gasteiger partial charge in [-0.05, 0) is 74.1 Å². The summed E-state index contributed by atoms with van der Waals surface area (Å²) in [6.07, 6.45) is 4.34. The van der Waals surface area contributed by atoms with Crippen LogP contribution in [0.25, 0.3) is 11.1 Å². The van der Waals surface area contributed by atoms with Crippen LogP contribution in [0.2, 0.25) is 0 Å². The Balaban J connectivity index is 1.54. The zero-order valence-electron chi connectivity index (χ0n) is 20.0. The SMILES string of the molecule is CC[C@@H](C)NC(=O)c1cc(NC(=O)c2ccc(-c3ccccc3)cc2)ccc1N1CCCCC1. The molecule has 176 valence electrons. The van der Waals surface area contributed by atoms with E-state index in [1.165, 1.54) is 6.42 Å². The van der Waals surface area contributed by atoms with Crippen LogP contribution in [0.3, 0.4) is 0 Å². The number of benzene rings is 3. The highest BCUT2D eigenvalue weighted by molar-refractivity contribution is 6.06. The van der Waals surface area contributed by atoms with Crippen LogP contribution in [0.4, 0.5) is 11.4 Å². The highest BCUT2D eigenvalue weighted by Crippen LogP contribution is 2.28. The summed E-state index contributed by atoms with van der Waals surface area (Å²) in [5, 5.41) is 6.05. The maximum Gasteiger partial charge on any atom is 0.255 e. The first-order valence-electron chi connectivity index (χ1n) is 12.2. The quantitative estimate of drug-likeness (QED) is 0.451. The molecule has 2 N–H and O–H groups in total. The molecule has 1 aliphatic heterocycles. The summed E-state index contributed by atoms with van der Waals surface area (Å²) >= 11 is 0. The molecule has 1 heterocycles. The van der Waals surface area contributed by atoms with Gasteiger partial charge in [-0.15, -0.1) is 0 Å². The van der Waals surface area contributed by atoms with Crippen LogP contribution < -0.4 is 15.5 Å². The highest BCUT2D eigenvalue weighted by atomic mass is 16.2. The first-order valence-corrected chi connectivity index (χ1v) is 12.2. The molecule has 0 spiro atoms. The van der Waals surface area contributed by atoms with Gasteiger partial charge in [0.25, 0.3) is 11.8 Å². The van der Waals surface area contributed by atoms with Crippen molar-refractivity contribution in [2.75, 3.05) is 23.3 Å². The van der Waals surface area contributed by atoms with Gasteiger partial charge in [-0.2, -0.15) is 0 Å². The lowest BCUT2D eigenvalue weighted by Gasteiger charge is -2.31. The molecule has 1 saturated heterocycles. The molecule has 5 nitrogen and oxygen atoms in total. The van der Waals surface area contributed by atoms with Gasteiger partial charge in [0.05, 0.1) is 5.56 Å². The number of piperidine rings is 1. The molecule has 2 amide bonds. The molecular weight excluding hydrogens is 422 g/mol. The predicted molar refractivity (Wildman–Crippen MR) is 140 cm³/mol. The van der Waals surface area contributed by atoms with Crippen LogP contribution in [-0.4, -0.2) is 30.9 Å². The number of carbonyl (C=O) groups excluding carboxylic acids is 2. The van der Waals surface area contributed by atoms with E-state index < -0.39 is 0 Å². The van der Waals surface area contributed by atoms with Crippen molar-refractivity contribution in [1.82, 2.24) is 5.32 Å². The fourth-order valence-corrected chi connectivity index (χ4v) is 4.26. The van der Waals surface area contributed by atoms with Crippen molar-refractivity contribution >= 4 is 23.2 Å². The molecule has 5 heteroatoms. The summed E-state index contributed by atoms with van der Waals surface area (Å²) in [7, 11) is 0. The van der Waals surface area contributed by atoms with Gasteiger partial charge >= 0.3 is 0 Å². The van der Waals surface area contributed by atoms with Gasteiger partial charge in [-0.1, -0.05) is 49.4 Å². The minimum atomic E-state index is -0.196. The van der Waals surface area contributed by atoms with Crippen LogP contribution in [0.15, 0.2) is 72.8 Å². The smallest absolute Gasteiger partial charge is 0.255 e. The van der Waals surface area contributed by atoms with Crippen molar-refractivity contribution in [3.8, 4) is 11.1 Å². The molecule has 0 aliphatic carbocycles. The largest absolute Gasteiger partial charge is 0.371 e. The van der Waals surface area contributed by atoms with Gasteiger partial charge in [0, 0.05) is 36.1 Å². The summed E-state index contributed by atoms with van der Waals surface area (Å²) in [5.41, 5.74) is 4.91. The Morgan fingerprint density at radius 1 is 0.853 bits per heavy atom. The minimum Gasteiger partial charge on any atom is -0.371 e. The first kappa shape index (κ1) is 23.6. The second kappa shape index (κ2) is 11.0. The third-order valence-electron chi connectivity index (χ3n) is 6.44. The fraction of sp³-hybridized carbons (Fsp3) is 0.310. The number of rotatable bonds is 7. The molecule has 1 atom stereocenters. The monoisotopic (exact) mass is 455 g/mol. The van der Waals surface area contributed by atoms with Crippen LogP contribution in [0, 0.1) is 0 Å². The zero-order chi connectivity index (χ0) is 23.9. The number of amides is 2. The molecule has 34 heavy (non-hydrogen) atoms. The summed E-state index contributed by atoms with van der Waals surface area (Å²) in [6.45, 7) is 5.95. The van der Waals surface area contributed by atoms with Crippen molar-refractivity contribution < 1.29 is 9.59 Å². The third-order valence-corrected chi connectivity index (χ3v) is 6.44. The molecule has 1 aliphatic rings. The van der Waals surface area contributed by atoms with Crippen molar-refractivity contribution in [2.45, 2.75) is 45.6 Å². The minimum absolute atomic E-state index is 0.0862. The second-order valence-electron chi connectivity index (χ2n) is 8.96. The van der Waals surface area contributed by atoms with Gasteiger partial charge in [-0.25, -0.2) is 0 Å². The van der Waals surface area contributed by atoms with Crippen LogP contribution >= 0.6 is 0 Å². The van der Waals surface area contributed by atoms with Crippen LogP contribution in [-0.2, 0) is 0 Å². The van der Waals surface area contributed by atoms with Gasteiger partial charge in [0.1, 0.15) is 0 Å². The maximum absolute atomic E-state index is 13.1. The number of hydrogen-bond acceptors (Lipinski definition) is 3. The van der Waals surface area contributed by atoms with Crippen molar-refractivity contribution in [3.63, 3.8) is 0 Å². The molecule has 4 rings (SSSR count). The third kappa shape index (κ3) is 5.66. The summed E-state index contributed by atoms with van der Waals surface area (Å²) < 4.78 is 0. The molecule has 0 bridgehead atoms. The lowest BCUT2D eigenvalue weighted by Crippen LogP contribution is -2.35. The Kier molecular flexibility index (Phi) is 7.63. The van der Waals surface area contributed by atoms with E-state index in [1.54, 1.807) is 6.07 Å². The first-order chi connectivity index (χ1) is 16.5. The average molecular weight is 456 g/mol. The predicted octanol–water partition coefficient (Wildman–Crippen LogP) is 6.12. The van der Waals surface area contributed by atoms with Gasteiger partial charge in [0.2, 0.25) is 0 Å². The number of nitrogens with zero attached hydrogens (tertiary/aromatic N) is 1. The lowest BCUT2D eigenvalue weighted by atomic mass is 10.0. The molecule has 3 aromatic carbocycles. The molecule has 0 unspecified atom stereocenters. The standard InChI is InChI=1S/C29H33N3O2/c1-3-21(2)30-29(34)26-20-25(16-17-27(26)32-18-8-5-9-19-32)31-28(33)24-14-12-23(13-15-24)22-10-6-4-7-11-22/h4,6-7,10-17,20-21H,3,5,8-9,18-19H2,1-2H3,(H,30,34)(H,31,33)/t21-/m1/s1. The van der Waals surface area contributed by atoms with E-state index in [0.717, 1.165) is 49.2 Å². The Morgan fingerprint density at radius 3 is 2.21 bits per heavy atom. The Morgan fingerprint density at radius 2 is 1.53 bits per heavy atom. The van der Waals surface area contributed by atoms with Gasteiger partial charge in [-0.3, -0.25) is 9.59 Å². The molecule has 3 aromatic rings. The van der Waals surface area contributed by atoms with Crippen molar-refractivity contribution in [2.24, 2.45) is 0 Å². The summed E-state index contributed by atoms with van der Waals surface area (Å²) in [5.74, 6) is -0.295. The second-order valence-corrected chi connectivity index (χ2v) is 8.96. The topological polar surface area (TPSA) is 61.4 Å².